The summed E-state index contributed by atoms with van der Waals surface area (Å²) in [6.07, 6.45) is 6.84. The lowest BCUT2D eigenvalue weighted by atomic mass is 9.63. The van der Waals surface area contributed by atoms with Crippen LogP contribution in [-0.2, 0) is 20.8 Å². The van der Waals surface area contributed by atoms with Crippen LogP contribution in [0.25, 0.3) is 0 Å². The molecular formula is C23H24N4O3S. The number of amides is 3. The second-order valence-electron chi connectivity index (χ2n) is 8.42. The molecule has 1 saturated carbocycles. The summed E-state index contributed by atoms with van der Waals surface area (Å²) in [6.45, 7) is 1.98. The van der Waals surface area contributed by atoms with E-state index in [0.29, 0.717) is 5.13 Å². The van der Waals surface area contributed by atoms with Crippen molar-refractivity contribution >= 4 is 34.2 Å². The summed E-state index contributed by atoms with van der Waals surface area (Å²) in [4.78, 5) is 41.2. The molecule has 31 heavy (non-hydrogen) atoms. The molecule has 7 nitrogen and oxygen atoms in total. The van der Waals surface area contributed by atoms with Crippen molar-refractivity contribution in [1.82, 2.24) is 15.1 Å². The SMILES string of the molecule is CCc1nnc(NC(=O)C[C@H](c2ccccc2)N2C(=O)[C@@H]3[C@H](C2=O)[C@H]2C=C[C@H]3CC2)s1. The van der Waals surface area contributed by atoms with Crippen LogP contribution in [0.1, 0.15) is 42.8 Å². The summed E-state index contributed by atoms with van der Waals surface area (Å²) in [7, 11) is 0. The van der Waals surface area contributed by atoms with E-state index in [4.69, 9.17) is 0 Å². The van der Waals surface area contributed by atoms with Crippen molar-refractivity contribution in [1.29, 1.82) is 0 Å². The average Bonchev–Trinajstić information content (AvgIpc) is 3.37. The quantitative estimate of drug-likeness (QED) is 0.554. The van der Waals surface area contributed by atoms with Crippen molar-refractivity contribution < 1.29 is 14.4 Å². The number of imide groups is 1. The number of hydrogen-bond acceptors (Lipinski definition) is 6. The van der Waals surface area contributed by atoms with E-state index in [0.717, 1.165) is 29.8 Å². The van der Waals surface area contributed by atoms with E-state index in [1.54, 1.807) is 0 Å². The largest absolute Gasteiger partial charge is 0.300 e. The molecule has 0 radical (unpaired) electrons. The zero-order valence-electron chi connectivity index (χ0n) is 17.2. The molecule has 2 bridgehead atoms. The van der Waals surface area contributed by atoms with Gasteiger partial charge in [0.1, 0.15) is 5.01 Å². The van der Waals surface area contributed by atoms with Gasteiger partial charge in [0, 0.05) is 0 Å². The number of aromatic nitrogens is 2. The zero-order chi connectivity index (χ0) is 21.5. The summed E-state index contributed by atoms with van der Waals surface area (Å²) >= 11 is 1.33. The molecule has 4 aliphatic rings. The van der Waals surface area contributed by atoms with Gasteiger partial charge in [-0.15, -0.1) is 10.2 Å². The summed E-state index contributed by atoms with van der Waals surface area (Å²) in [5.41, 5.74) is 0.782. The Kier molecular flexibility index (Phi) is 5.17. The molecule has 1 N–H and O–H groups in total. The second kappa shape index (κ2) is 8.00. The second-order valence-corrected chi connectivity index (χ2v) is 9.48. The molecule has 1 aromatic carbocycles. The summed E-state index contributed by atoms with van der Waals surface area (Å²) in [5.74, 6) is -0.906. The Morgan fingerprint density at radius 2 is 1.74 bits per heavy atom. The molecule has 2 aromatic rings. The molecule has 2 heterocycles. The number of anilines is 1. The highest BCUT2D eigenvalue weighted by Crippen LogP contribution is 2.51. The van der Waals surface area contributed by atoms with E-state index in [1.807, 2.05) is 37.3 Å². The predicted octanol–water partition coefficient (Wildman–Crippen LogP) is 3.37. The van der Waals surface area contributed by atoms with Gasteiger partial charge in [-0.2, -0.15) is 0 Å². The Bertz CT molecular complexity index is 1020. The van der Waals surface area contributed by atoms with Gasteiger partial charge in [-0.1, -0.05) is 60.7 Å². The summed E-state index contributed by atoms with van der Waals surface area (Å²) in [5, 5.41) is 12.1. The Balaban J connectivity index is 1.42. The number of nitrogens with zero attached hydrogens (tertiary/aromatic N) is 3. The first-order valence-corrected chi connectivity index (χ1v) is 11.6. The van der Waals surface area contributed by atoms with Gasteiger partial charge in [-0.25, -0.2) is 0 Å². The molecule has 0 spiro atoms. The van der Waals surface area contributed by atoms with Crippen LogP contribution in [-0.4, -0.2) is 32.8 Å². The first-order valence-electron chi connectivity index (χ1n) is 10.8. The van der Waals surface area contributed by atoms with Crippen LogP contribution in [0.3, 0.4) is 0 Å². The highest BCUT2D eigenvalue weighted by molar-refractivity contribution is 7.15. The van der Waals surface area contributed by atoms with E-state index >= 15 is 0 Å². The van der Waals surface area contributed by atoms with Crippen LogP contribution in [0.5, 0.6) is 0 Å². The number of carbonyl (C=O) groups is 3. The lowest BCUT2D eigenvalue weighted by Crippen LogP contribution is -2.38. The van der Waals surface area contributed by atoms with Gasteiger partial charge in [0.05, 0.1) is 24.3 Å². The van der Waals surface area contributed by atoms with Crippen LogP contribution in [0.4, 0.5) is 5.13 Å². The maximum Gasteiger partial charge on any atom is 0.234 e. The Morgan fingerprint density at radius 1 is 1.10 bits per heavy atom. The molecule has 8 heteroatoms. The number of nitrogens with one attached hydrogen (secondary N) is 1. The number of carbonyl (C=O) groups excluding carboxylic acids is 3. The van der Waals surface area contributed by atoms with Crippen LogP contribution in [0, 0.1) is 23.7 Å². The monoisotopic (exact) mass is 436 g/mol. The number of likely N-dealkylation sites (tertiary alicyclic amines) is 1. The normalized spacial score (nSPS) is 27.5. The van der Waals surface area contributed by atoms with Crippen molar-refractivity contribution in [2.75, 3.05) is 5.32 Å². The molecule has 1 aromatic heterocycles. The number of allylic oxidation sites excluding steroid dienone is 2. The van der Waals surface area contributed by atoms with Crippen LogP contribution in [0.15, 0.2) is 42.5 Å². The van der Waals surface area contributed by atoms with Crippen molar-refractivity contribution in [2.24, 2.45) is 23.7 Å². The van der Waals surface area contributed by atoms with Crippen molar-refractivity contribution in [3.63, 3.8) is 0 Å². The molecule has 1 aliphatic heterocycles. The van der Waals surface area contributed by atoms with E-state index in [1.165, 1.54) is 16.2 Å². The minimum absolute atomic E-state index is 0.00919. The third-order valence-electron chi connectivity index (χ3n) is 6.68. The number of fused-ring (bicyclic) bond motifs is 1. The fourth-order valence-electron chi connectivity index (χ4n) is 5.23. The molecule has 5 atom stereocenters. The first-order chi connectivity index (χ1) is 15.1. The lowest BCUT2D eigenvalue weighted by molar-refractivity contribution is -0.143. The highest BCUT2D eigenvalue weighted by Gasteiger charge is 2.58. The van der Waals surface area contributed by atoms with Crippen molar-refractivity contribution in [3.05, 3.63) is 53.1 Å². The molecule has 2 fully saturated rings. The lowest BCUT2D eigenvalue weighted by Gasteiger charge is -2.38. The molecule has 3 aliphatic carbocycles. The smallest absolute Gasteiger partial charge is 0.234 e. The zero-order valence-corrected chi connectivity index (χ0v) is 18.0. The minimum atomic E-state index is -0.634. The van der Waals surface area contributed by atoms with E-state index in [2.05, 4.69) is 27.7 Å². The summed E-state index contributed by atoms with van der Waals surface area (Å²) in [6, 6.07) is 8.71. The van der Waals surface area contributed by atoms with Gasteiger partial charge in [0.2, 0.25) is 22.9 Å². The van der Waals surface area contributed by atoms with Gasteiger partial charge in [0.25, 0.3) is 0 Å². The van der Waals surface area contributed by atoms with Crippen LogP contribution < -0.4 is 5.32 Å². The molecule has 1 saturated heterocycles. The van der Waals surface area contributed by atoms with Gasteiger partial charge in [0.15, 0.2) is 0 Å². The Morgan fingerprint density at radius 3 is 2.29 bits per heavy atom. The predicted molar refractivity (Wildman–Crippen MR) is 116 cm³/mol. The fraction of sp³-hybridized carbons (Fsp3) is 0.435. The van der Waals surface area contributed by atoms with Gasteiger partial charge in [-0.05, 0) is 36.7 Å². The number of benzene rings is 1. The highest BCUT2D eigenvalue weighted by atomic mass is 32.1. The number of aryl methyl sites for hydroxylation is 1. The first kappa shape index (κ1) is 20.1. The van der Waals surface area contributed by atoms with E-state index < -0.39 is 6.04 Å². The van der Waals surface area contributed by atoms with Gasteiger partial charge in [-0.3, -0.25) is 19.3 Å². The average molecular weight is 437 g/mol. The minimum Gasteiger partial charge on any atom is -0.300 e. The molecular weight excluding hydrogens is 412 g/mol. The molecule has 6 rings (SSSR count). The maximum absolute atomic E-state index is 13.5. The van der Waals surface area contributed by atoms with Crippen molar-refractivity contribution in [3.8, 4) is 0 Å². The Hall–Kier alpha value is -2.87. The fourth-order valence-corrected chi connectivity index (χ4v) is 5.93. The van der Waals surface area contributed by atoms with Crippen LogP contribution in [0.2, 0.25) is 0 Å². The molecule has 160 valence electrons. The Labute approximate surface area is 184 Å². The van der Waals surface area contributed by atoms with Crippen molar-refractivity contribution in [2.45, 2.75) is 38.6 Å². The third-order valence-corrected chi connectivity index (χ3v) is 7.67. The van der Waals surface area contributed by atoms with Crippen LogP contribution >= 0.6 is 11.3 Å². The molecule has 0 unspecified atom stereocenters. The molecule has 3 amide bonds. The topological polar surface area (TPSA) is 92.3 Å². The maximum atomic E-state index is 13.5. The van der Waals surface area contributed by atoms with Gasteiger partial charge >= 0.3 is 0 Å². The standard InChI is InChI=1S/C23H24N4O3S/c1-2-18-25-26-23(31-18)24-17(28)12-16(13-6-4-3-5-7-13)27-21(29)19-14-8-9-15(11-10-14)20(19)22(27)30/h3-9,14-16,19-20H,2,10-12H2,1H3,(H,24,26,28)/t14-,15-,16+,19-,20+/m0/s1. The van der Waals surface area contributed by atoms with E-state index in [9.17, 15) is 14.4 Å². The third kappa shape index (κ3) is 3.48. The number of rotatable bonds is 6. The van der Waals surface area contributed by atoms with E-state index in [-0.39, 0.29) is 47.8 Å². The summed E-state index contributed by atoms with van der Waals surface area (Å²) < 4.78 is 0. The van der Waals surface area contributed by atoms with Gasteiger partial charge < -0.3 is 5.32 Å². The number of hydrogen-bond donors (Lipinski definition) is 1.